The summed E-state index contributed by atoms with van der Waals surface area (Å²) in [5.41, 5.74) is 3.30. The Labute approximate surface area is 144 Å². The summed E-state index contributed by atoms with van der Waals surface area (Å²) in [5, 5.41) is 9.91. The summed E-state index contributed by atoms with van der Waals surface area (Å²) in [6.45, 7) is 3.33. The van der Waals surface area contributed by atoms with Gasteiger partial charge in [0.2, 0.25) is 0 Å². The summed E-state index contributed by atoms with van der Waals surface area (Å²) in [7, 11) is 0. The Bertz CT molecular complexity index is 781. The first-order chi connectivity index (χ1) is 11.7. The molecule has 126 valence electrons. The van der Waals surface area contributed by atoms with Gasteiger partial charge in [0.1, 0.15) is 10.7 Å². The molecule has 6 nitrogen and oxygen atoms in total. The van der Waals surface area contributed by atoms with Crippen LogP contribution < -0.4 is 10.2 Å². The van der Waals surface area contributed by atoms with Gasteiger partial charge in [0, 0.05) is 42.6 Å². The molecule has 7 heteroatoms. The Morgan fingerprint density at radius 2 is 2.33 bits per heavy atom. The number of ketones is 1. The van der Waals surface area contributed by atoms with Crippen molar-refractivity contribution in [1.29, 1.82) is 0 Å². The number of anilines is 1. The maximum atomic E-state index is 12.6. The maximum absolute atomic E-state index is 12.6. The largest absolute Gasteiger partial charge is 0.365 e. The number of carbonyl (C=O) groups is 2. The zero-order valence-electron chi connectivity index (χ0n) is 13.6. The van der Waals surface area contributed by atoms with Gasteiger partial charge in [-0.1, -0.05) is 6.92 Å². The summed E-state index contributed by atoms with van der Waals surface area (Å²) in [5.74, 6) is 0.222. The molecule has 4 heterocycles. The molecule has 1 amide bonds. The molecule has 0 aliphatic carbocycles. The zero-order valence-corrected chi connectivity index (χ0v) is 14.4. The molecule has 0 saturated carbocycles. The van der Waals surface area contributed by atoms with E-state index in [1.165, 1.54) is 16.9 Å². The predicted molar refractivity (Wildman–Crippen MR) is 93.6 cm³/mol. The van der Waals surface area contributed by atoms with Gasteiger partial charge in [0.05, 0.1) is 17.9 Å². The Morgan fingerprint density at radius 3 is 3.08 bits per heavy atom. The van der Waals surface area contributed by atoms with Crippen LogP contribution in [0.4, 0.5) is 5.69 Å². The smallest absolute Gasteiger partial charge is 0.263 e. The van der Waals surface area contributed by atoms with Crippen molar-refractivity contribution in [2.24, 2.45) is 0 Å². The number of hydrogen-bond donors (Lipinski definition) is 2. The molecule has 0 bridgehead atoms. The van der Waals surface area contributed by atoms with Crippen molar-refractivity contribution in [3.05, 3.63) is 22.8 Å². The number of rotatable bonds is 4. The first-order valence-electron chi connectivity index (χ1n) is 8.40. The Morgan fingerprint density at radius 1 is 1.46 bits per heavy atom. The Balaban J connectivity index is 1.81. The number of Topliss-reactive ketones (excluding diaryl/α,β-unsaturated/α-hetero) is 1. The number of aromatic amines is 1. The van der Waals surface area contributed by atoms with E-state index in [4.69, 9.17) is 0 Å². The normalized spacial score (nSPS) is 19.6. The van der Waals surface area contributed by atoms with Crippen LogP contribution in [0.2, 0.25) is 0 Å². The SMILES string of the molecule is CCC(=O)C[C@@H]1CNC(=O)c2sc(-c3cn[nH]c3)c3c2N1CCC3. The van der Waals surface area contributed by atoms with E-state index < -0.39 is 0 Å². The van der Waals surface area contributed by atoms with E-state index in [1.807, 2.05) is 13.1 Å². The number of carbonyl (C=O) groups excluding carboxylic acids is 2. The topological polar surface area (TPSA) is 78.1 Å². The minimum atomic E-state index is -0.0238. The average molecular weight is 344 g/mol. The van der Waals surface area contributed by atoms with Crippen molar-refractivity contribution in [3.63, 3.8) is 0 Å². The molecule has 2 N–H and O–H groups in total. The zero-order chi connectivity index (χ0) is 16.7. The van der Waals surface area contributed by atoms with Crippen molar-refractivity contribution in [2.45, 2.75) is 38.6 Å². The van der Waals surface area contributed by atoms with E-state index in [2.05, 4.69) is 20.4 Å². The van der Waals surface area contributed by atoms with E-state index in [-0.39, 0.29) is 17.7 Å². The number of aromatic nitrogens is 2. The van der Waals surface area contributed by atoms with Gasteiger partial charge in [-0.2, -0.15) is 5.10 Å². The molecule has 2 aromatic rings. The van der Waals surface area contributed by atoms with Crippen LogP contribution in [0.25, 0.3) is 10.4 Å². The van der Waals surface area contributed by atoms with E-state index >= 15 is 0 Å². The van der Waals surface area contributed by atoms with Crippen molar-refractivity contribution in [3.8, 4) is 10.4 Å². The van der Waals surface area contributed by atoms with Crippen LogP contribution in [0.3, 0.4) is 0 Å². The molecule has 0 aromatic carbocycles. The lowest BCUT2D eigenvalue weighted by Crippen LogP contribution is -2.44. The van der Waals surface area contributed by atoms with Gasteiger partial charge in [0.15, 0.2) is 0 Å². The fraction of sp³-hybridized carbons (Fsp3) is 0.471. The second kappa shape index (κ2) is 6.05. The van der Waals surface area contributed by atoms with Crippen LogP contribution in [-0.2, 0) is 11.2 Å². The molecular formula is C17H20N4O2S. The molecular weight excluding hydrogens is 324 g/mol. The molecule has 0 spiro atoms. The number of amides is 1. The molecule has 0 radical (unpaired) electrons. The third-order valence-electron chi connectivity index (χ3n) is 4.86. The highest BCUT2D eigenvalue weighted by Crippen LogP contribution is 2.46. The highest BCUT2D eigenvalue weighted by molar-refractivity contribution is 7.18. The molecule has 0 fully saturated rings. The second-order valence-corrected chi connectivity index (χ2v) is 7.35. The minimum absolute atomic E-state index is 0.0238. The van der Waals surface area contributed by atoms with Crippen molar-refractivity contribution >= 4 is 28.7 Å². The molecule has 24 heavy (non-hydrogen) atoms. The lowest BCUT2D eigenvalue weighted by Gasteiger charge is -2.35. The predicted octanol–water partition coefficient (Wildman–Crippen LogP) is 2.37. The van der Waals surface area contributed by atoms with Crippen molar-refractivity contribution in [1.82, 2.24) is 15.5 Å². The van der Waals surface area contributed by atoms with Gasteiger partial charge in [-0.15, -0.1) is 11.3 Å². The summed E-state index contributed by atoms with van der Waals surface area (Å²) in [6, 6.07) is 0.0495. The van der Waals surface area contributed by atoms with Crippen LogP contribution >= 0.6 is 11.3 Å². The molecule has 0 unspecified atom stereocenters. The van der Waals surface area contributed by atoms with Crippen molar-refractivity contribution in [2.75, 3.05) is 18.0 Å². The highest BCUT2D eigenvalue weighted by Gasteiger charge is 2.36. The minimum Gasteiger partial charge on any atom is -0.365 e. The van der Waals surface area contributed by atoms with Gasteiger partial charge in [0.25, 0.3) is 5.91 Å². The highest BCUT2D eigenvalue weighted by atomic mass is 32.1. The molecule has 2 aliphatic heterocycles. The van der Waals surface area contributed by atoms with E-state index in [9.17, 15) is 9.59 Å². The molecule has 0 saturated heterocycles. The van der Waals surface area contributed by atoms with E-state index in [0.29, 0.717) is 19.4 Å². The standard InChI is InChI=1S/C17H20N4O2S/c1-2-12(22)6-11-9-18-17(23)16-14-13(4-3-5-21(11)14)15(24-16)10-7-19-20-8-10/h7-8,11H,2-6,9H2,1H3,(H,18,23)(H,19,20)/t11-/m1/s1. The number of nitrogens with one attached hydrogen (secondary N) is 2. The lowest BCUT2D eigenvalue weighted by atomic mass is 9.97. The lowest BCUT2D eigenvalue weighted by molar-refractivity contribution is -0.119. The van der Waals surface area contributed by atoms with E-state index in [1.54, 1.807) is 6.20 Å². The van der Waals surface area contributed by atoms with Gasteiger partial charge >= 0.3 is 0 Å². The summed E-state index contributed by atoms with van der Waals surface area (Å²) in [6.07, 6.45) is 6.71. The first-order valence-corrected chi connectivity index (χ1v) is 9.22. The first kappa shape index (κ1) is 15.4. The second-order valence-electron chi connectivity index (χ2n) is 6.33. The number of hydrogen-bond acceptors (Lipinski definition) is 5. The Kier molecular flexibility index (Phi) is 3.88. The monoisotopic (exact) mass is 344 g/mol. The van der Waals surface area contributed by atoms with Gasteiger partial charge < -0.3 is 10.2 Å². The summed E-state index contributed by atoms with van der Waals surface area (Å²) < 4.78 is 0. The molecule has 1 atom stereocenters. The van der Waals surface area contributed by atoms with Gasteiger partial charge in [-0.25, -0.2) is 0 Å². The third-order valence-corrected chi connectivity index (χ3v) is 6.12. The van der Waals surface area contributed by atoms with Crippen LogP contribution in [0.5, 0.6) is 0 Å². The average Bonchev–Trinajstić information content (AvgIpc) is 3.22. The van der Waals surface area contributed by atoms with Crippen LogP contribution in [0.15, 0.2) is 12.4 Å². The van der Waals surface area contributed by atoms with E-state index in [0.717, 1.165) is 40.4 Å². The van der Waals surface area contributed by atoms with Gasteiger partial charge in [-0.3, -0.25) is 14.7 Å². The van der Waals surface area contributed by atoms with Crippen LogP contribution in [-0.4, -0.2) is 41.0 Å². The maximum Gasteiger partial charge on any atom is 0.263 e. The molecule has 2 aromatic heterocycles. The number of thiophene rings is 1. The number of nitrogens with zero attached hydrogens (tertiary/aromatic N) is 2. The quantitative estimate of drug-likeness (QED) is 0.893. The number of H-pyrrole nitrogens is 1. The Hall–Kier alpha value is -2.15. The summed E-state index contributed by atoms with van der Waals surface area (Å²) in [4.78, 5) is 28.8. The van der Waals surface area contributed by atoms with Crippen LogP contribution in [0.1, 0.15) is 41.4 Å². The summed E-state index contributed by atoms with van der Waals surface area (Å²) >= 11 is 1.54. The van der Waals surface area contributed by atoms with Crippen molar-refractivity contribution < 1.29 is 9.59 Å². The fourth-order valence-electron chi connectivity index (χ4n) is 3.65. The van der Waals surface area contributed by atoms with Crippen LogP contribution in [0, 0.1) is 0 Å². The van der Waals surface area contributed by atoms with Gasteiger partial charge in [-0.05, 0) is 18.4 Å². The third kappa shape index (κ3) is 2.43. The fourth-order valence-corrected chi connectivity index (χ4v) is 4.91. The molecule has 4 rings (SSSR count). The molecule has 2 aliphatic rings.